The highest BCUT2D eigenvalue weighted by Gasteiger charge is 2.27. The molecule has 0 aliphatic heterocycles. The molecule has 0 saturated carbocycles. The zero-order valence-electron chi connectivity index (χ0n) is 9.13. The molecule has 0 aromatic carbocycles. The van der Waals surface area contributed by atoms with Crippen LogP contribution in [0.15, 0.2) is 6.07 Å². The Morgan fingerprint density at radius 2 is 2.29 bits per heavy atom. The molecule has 0 N–H and O–H groups in total. The van der Waals surface area contributed by atoms with Gasteiger partial charge in [0.2, 0.25) is 0 Å². The van der Waals surface area contributed by atoms with Crippen molar-refractivity contribution in [2.75, 3.05) is 0 Å². The van der Waals surface area contributed by atoms with E-state index in [0.717, 1.165) is 24.9 Å². The largest absolute Gasteiger partial charge is 0.348 e. The van der Waals surface area contributed by atoms with Crippen molar-refractivity contribution < 1.29 is 4.79 Å². The normalized spacial score (nSPS) is 21.1. The fraction of sp³-hybridized carbons (Fsp3) is 0.583. The van der Waals surface area contributed by atoms with Crippen LogP contribution in [-0.2, 0) is 13.0 Å². The van der Waals surface area contributed by atoms with Gasteiger partial charge in [0.25, 0.3) is 0 Å². The van der Waals surface area contributed by atoms with E-state index in [1.165, 1.54) is 11.4 Å². The van der Waals surface area contributed by atoms with Crippen molar-refractivity contribution in [1.29, 1.82) is 0 Å². The zero-order chi connectivity index (χ0) is 10.3. The van der Waals surface area contributed by atoms with Gasteiger partial charge in [-0.3, -0.25) is 4.79 Å². The topological polar surface area (TPSA) is 22.0 Å². The third-order valence-electron chi connectivity index (χ3n) is 3.26. The van der Waals surface area contributed by atoms with E-state index in [9.17, 15) is 4.79 Å². The van der Waals surface area contributed by atoms with E-state index < -0.39 is 0 Å². The van der Waals surface area contributed by atoms with Gasteiger partial charge in [-0.05, 0) is 32.8 Å². The van der Waals surface area contributed by atoms with Gasteiger partial charge in [-0.15, -0.1) is 0 Å². The van der Waals surface area contributed by atoms with Gasteiger partial charge in [0.15, 0.2) is 5.78 Å². The summed E-state index contributed by atoms with van der Waals surface area (Å²) >= 11 is 0. The zero-order valence-corrected chi connectivity index (χ0v) is 9.13. The lowest BCUT2D eigenvalue weighted by Gasteiger charge is -2.19. The summed E-state index contributed by atoms with van der Waals surface area (Å²) in [4.78, 5) is 11.9. The lowest BCUT2D eigenvalue weighted by Crippen LogP contribution is -2.20. The van der Waals surface area contributed by atoms with E-state index >= 15 is 0 Å². The van der Waals surface area contributed by atoms with Crippen LogP contribution >= 0.6 is 0 Å². The van der Waals surface area contributed by atoms with Crippen molar-refractivity contribution in [3.63, 3.8) is 0 Å². The molecule has 2 rings (SSSR count). The van der Waals surface area contributed by atoms with Crippen molar-refractivity contribution >= 4 is 5.78 Å². The van der Waals surface area contributed by atoms with E-state index in [1.54, 1.807) is 0 Å². The van der Waals surface area contributed by atoms with Crippen LogP contribution < -0.4 is 0 Å². The van der Waals surface area contributed by atoms with Gasteiger partial charge in [0, 0.05) is 29.4 Å². The fourth-order valence-electron chi connectivity index (χ4n) is 2.40. The highest BCUT2D eigenvalue weighted by atomic mass is 16.1. The monoisotopic (exact) mass is 191 g/mol. The number of hydrogen-bond donors (Lipinski definition) is 0. The summed E-state index contributed by atoms with van der Waals surface area (Å²) in [5.41, 5.74) is 3.45. The molecule has 2 heteroatoms. The Bertz CT molecular complexity index is 376. The summed E-state index contributed by atoms with van der Waals surface area (Å²) in [6.45, 7) is 7.22. The van der Waals surface area contributed by atoms with E-state index in [4.69, 9.17) is 0 Å². The second-order valence-corrected chi connectivity index (χ2v) is 4.19. The Hall–Kier alpha value is -1.05. The molecule has 1 aromatic rings. The van der Waals surface area contributed by atoms with Gasteiger partial charge < -0.3 is 4.57 Å². The maximum Gasteiger partial charge on any atom is 0.167 e. The number of rotatable bonds is 1. The number of Topliss-reactive ketones (excluding diaryl/α,β-unsaturated/α-hetero) is 1. The third kappa shape index (κ3) is 1.21. The Kier molecular flexibility index (Phi) is 2.22. The second-order valence-electron chi connectivity index (χ2n) is 4.19. The first-order valence-corrected chi connectivity index (χ1v) is 5.38. The molecule has 2 nitrogen and oxygen atoms in total. The molecule has 0 spiro atoms. The molecule has 1 aromatic heterocycles. The molecular weight excluding hydrogens is 174 g/mol. The Balaban J connectivity index is 2.53. The lowest BCUT2D eigenvalue weighted by molar-refractivity contribution is 0.0912. The van der Waals surface area contributed by atoms with E-state index in [2.05, 4.69) is 24.5 Å². The fourth-order valence-corrected chi connectivity index (χ4v) is 2.40. The van der Waals surface area contributed by atoms with E-state index in [1.807, 2.05) is 6.92 Å². The Labute approximate surface area is 84.9 Å². The summed E-state index contributed by atoms with van der Waals surface area (Å²) in [6.07, 6.45) is 2.07. The minimum absolute atomic E-state index is 0.217. The van der Waals surface area contributed by atoms with Crippen LogP contribution in [0.3, 0.4) is 0 Å². The summed E-state index contributed by atoms with van der Waals surface area (Å²) in [6, 6.07) is 2.05. The number of nitrogens with zero attached hydrogens (tertiary/aromatic N) is 1. The number of aryl methyl sites for hydroxylation is 1. The first-order chi connectivity index (χ1) is 6.65. The smallest absolute Gasteiger partial charge is 0.167 e. The van der Waals surface area contributed by atoms with Crippen LogP contribution in [0.25, 0.3) is 0 Å². The first kappa shape index (κ1) is 9.50. The molecule has 0 saturated heterocycles. The minimum Gasteiger partial charge on any atom is -0.348 e. The number of hydrogen-bond acceptors (Lipinski definition) is 1. The highest BCUT2D eigenvalue weighted by Crippen LogP contribution is 2.27. The Morgan fingerprint density at radius 1 is 1.57 bits per heavy atom. The molecule has 0 bridgehead atoms. The van der Waals surface area contributed by atoms with Crippen molar-refractivity contribution in [2.24, 2.45) is 5.92 Å². The van der Waals surface area contributed by atoms with E-state index in [0.29, 0.717) is 5.78 Å². The first-order valence-electron chi connectivity index (χ1n) is 5.38. The van der Waals surface area contributed by atoms with Gasteiger partial charge in [-0.25, -0.2) is 0 Å². The quantitative estimate of drug-likeness (QED) is 0.668. The molecule has 0 fully saturated rings. The number of carbonyl (C=O) groups excluding carboxylic acids is 1. The van der Waals surface area contributed by atoms with Crippen LogP contribution in [0.5, 0.6) is 0 Å². The van der Waals surface area contributed by atoms with Gasteiger partial charge in [0.1, 0.15) is 0 Å². The van der Waals surface area contributed by atoms with Crippen LogP contribution in [0, 0.1) is 12.8 Å². The van der Waals surface area contributed by atoms with Crippen molar-refractivity contribution in [3.05, 3.63) is 23.0 Å². The third-order valence-corrected chi connectivity index (χ3v) is 3.26. The number of carbonyl (C=O) groups is 1. The molecule has 14 heavy (non-hydrogen) atoms. The molecule has 1 aliphatic rings. The van der Waals surface area contributed by atoms with Crippen LogP contribution in [-0.4, -0.2) is 10.4 Å². The van der Waals surface area contributed by atoms with Gasteiger partial charge in [-0.2, -0.15) is 0 Å². The summed E-state index contributed by atoms with van der Waals surface area (Å²) < 4.78 is 2.26. The predicted octanol–water partition coefficient (Wildman–Crippen LogP) is 2.58. The molecule has 1 atom stereocenters. The van der Waals surface area contributed by atoms with Crippen LogP contribution in [0.1, 0.15) is 42.0 Å². The van der Waals surface area contributed by atoms with Crippen LogP contribution in [0.4, 0.5) is 0 Å². The predicted molar refractivity (Wildman–Crippen MR) is 56.7 cm³/mol. The lowest BCUT2D eigenvalue weighted by atomic mass is 9.88. The molecule has 76 valence electrons. The molecule has 1 unspecified atom stereocenters. The number of ketones is 1. The number of aromatic nitrogens is 1. The molecule has 0 radical (unpaired) electrons. The second kappa shape index (κ2) is 3.26. The molecule has 1 aliphatic carbocycles. The van der Waals surface area contributed by atoms with Crippen molar-refractivity contribution in [3.8, 4) is 0 Å². The summed E-state index contributed by atoms with van der Waals surface area (Å²) in [7, 11) is 0. The van der Waals surface area contributed by atoms with E-state index in [-0.39, 0.29) is 5.92 Å². The van der Waals surface area contributed by atoms with Gasteiger partial charge in [-0.1, -0.05) is 6.92 Å². The van der Waals surface area contributed by atoms with Crippen molar-refractivity contribution in [2.45, 2.75) is 40.2 Å². The Morgan fingerprint density at radius 3 is 2.93 bits per heavy atom. The summed E-state index contributed by atoms with van der Waals surface area (Å²) in [5, 5.41) is 0. The maximum absolute atomic E-state index is 11.9. The molecule has 1 heterocycles. The number of fused-ring (bicyclic) bond motifs is 1. The highest BCUT2D eigenvalue weighted by molar-refractivity contribution is 6.00. The summed E-state index contributed by atoms with van der Waals surface area (Å²) in [5.74, 6) is 0.552. The van der Waals surface area contributed by atoms with Gasteiger partial charge in [0.05, 0.1) is 0 Å². The average molecular weight is 191 g/mol. The van der Waals surface area contributed by atoms with Gasteiger partial charge >= 0.3 is 0 Å². The standard InChI is InChI=1S/C12H17NO/c1-4-13-9(3)7-10-11(13)6-5-8(2)12(10)14/h7-8H,4-6H2,1-3H3. The minimum atomic E-state index is 0.217. The van der Waals surface area contributed by atoms with Crippen molar-refractivity contribution in [1.82, 2.24) is 4.57 Å². The molecular formula is C12H17NO. The maximum atomic E-state index is 11.9. The van der Waals surface area contributed by atoms with Crippen LogP contribution in [0.2, 0.25) is 0 Å². The SMILES string of the molecule is CCn1c(C)cc2c1CCC(C)C2=O. The molecule has 0 amide bonds. The average Bonchev–Trinajstić information content (AvgIpc) is 2.49.